The predicted molar refractivity (Wildman–Crippen MR) is 98.1 cm³/mol. The van der Waals surface area contributed by atoms with E-state index in [1.807, 2.05) is 0 Å². The zero-order valence-corrected chi connectivity index (χ0v) is 15.0. The molecule has 7 heteroatoms. The van der Waals surface area contributed by atoms with Gasteiger partial charge in [0.2, 0.25) is 5.91 Å². The number of nitrogens with two attached hydrogens (primary N) is 1. The van der Waals surface area contributed by atoms with E-state index in [4.69, 9.17) is 5.73 Å². The molecule has 2 N–H and O–H groups in total. The van der Waals surface area contributed by atoms with E-state index in [2.05, 4.69) is 4.90 Å². The van der Waals surface area contributed by atoms with Gasteiger partial charge in [0.15, 0.2) is 0 Å². The summed E-state index contributed by atoms with van der Waals surface area (Å²) >= 11 is 0. The van der Waals surface area contributed by atoms with Crippen molar-refractivity contribution in [2.75, 3.05) is 37.8 Å². The average molecular weight is 362 g/mol. The molecule has 1 aromatic rings. The quantitative estimate of drug-likeness (QED) is 0.836. The Balaban J connectivity index is 1.43. The lowest BCUT2D eigenvalue weighted by atomic mass is 9.92. The number of likely N-dealkylation sites (tertiary alicyclic amines) is 2. The first kappa shape index (κ1) is 18.6. The topological polar surface area (TPSA) is 69.9 Å². The molecule has 2 saturated heterocycles. The van der Waals surface area contributed by atoms with Crippen LogP contribution in [0.4, 0.5) is 15.0 Å². The number of benzene rings is 1. The zero-order chi connectivity index (χ0) is 18.5. The normalized spacial score (nSPS) is 20.1. The number of urea groups is 1. The lowest BCUT2D eigenvalue weighted by Crippen LogP contribution is -2.46. The van der Waals surface area contributed by atoms with E-state index in [9.17, 15) is 14.1 Å². The molecule has 142 valence electrons. The van der Waals surface area contributed by atoms with E-state index in [1.165, 1.54) is 0 Å². The second kappa shape index (κ2) is 8.49. The van der Waals surface area contributed by atoms with Gasteiger partial charge < -0.3 is 15.5 Å². The highest BCUT2D eigenvalue weighted by Crippen LogP contribution is 2.24. The van der Waals surface area contributed by atoms with Gasteiger partial charge in [-0.3, -0.25) is 4.79 Å². The molecule has 2 aliphatic rings. The fourth-order valence-electron chi connectivity index (χ4n) is 3.87. The number of nitrogens with zero attached hydrogens (tertiary/aromatic N) is 3. The number of carbonyl (C=O) groups is 2. The van der Waals surface area contributed by atoms with Crippen LogP contribution in [0.1, 0.15) is 25.7 Å². The monoisotopic (exact) mass is 362 g/mol. The molecule has 0 aromatic heterocycles. The van der Waals surface area contributed by atoms with Gasteiger partial charge in [0.25, 0.3) is 0 Å². The Bertz CT molecular complexity index is 611. The number of halogens is 1. The summed E-state index contributed by atoms with van der Waals surface area (Å²) in [5, 5.41) is 0.231. The molecular formula is C19H27FN4O2. The Labute approximate surface area is 153 Å². The average Bonchev–Trinajstić information content (AvgIpc) is 2.68. The second-order valence-electron chi connectivity index (χ2n) is 7.31. The van der Waals surface area contributed by atoms with E-state index >= 15 is 0 Å². The van der Waals surface area contributed by atoms with Crippen LogP contribution in [-0.2, 0) is 4.79 Å². The number of amides is 3. The van der Waals surface area contributed by atoms with Crippen LogP contribution < -0.4 is 10.9 Å². The zero-order valence-electron chi connectivity index (χ0n) is 15.0. The highest BCUT2D eigenvalue weighted by molar-refractivity contribution is 5.89. The van der Waals surface area contributed by atoms with Crippen LogP contribution in [0.25, 0.3) is 0 Å². The summed E-state index contributed by atoms with van der Waals surface area (Å²) in [5.41, 5.74) is 5.64. The maximum absolute atomic E-state index is 14.3. The number of primary amides is 1. The third-order valence-corrected chi connectivity index (χ3v) is 5.54. The Morgan fingerprint density at radius 1 is 1.04 bits per heavy atom. The van der Waals surface area contributed by atoms with Gasteiger partial charge in [-0.1, -0.05) is 22.7 Å². The molecule has 0 bridgehead atoms. The number of hydrogen-bond acceptors (Lipinski definition) is 3. The molecule has 0 aliphatic carbocycles. The molecule has 2 aliphatic heterocycles. The molecule has 0 radical (unpaired) electrons. The summed E-state index contributed by atoms with van der Waals surface area (Å²) in [7, 11) is 0. The van der Waals surface area contributed by atoms with Crippen molar-refractivity contribution in [1.29, 1.82) is 0 Å². The van der Waals surface area contributed by atoms with Crippen LogP contribution in [0.15, 0.2) is 30.3 Å². The molecule has 0 spiro atoms. The van der Waals surface area contributed by atoms with E-state index in [0.717, 1.165) is 45.3 Å². The summed E-state index contributed by atoms with van der Waals surface area (Å²) in [6, 6.07) is 7.79. The SMILES string of the molecule is NC(=O)C1CCN(CC2CCN(C(=O)N(F)c3ccccc3)CC2)CC1. The molecule has 26 heavy (non-hydrogen) atoms. The van der Waals surface area contributed by atoms with Crippen molar-refractivity contribution < 1.29 is 14.1 Å². The molecule has 0 atom stereocenters. The Kier molecular flexibility index (Phi) is 6.08. The summed E-state index contributed by atoms with van der Waals surface area (Å²) in [5.74, 6) is 0.332. The van der Waals surface area contributed by atoms with Gasteiger partial charge in [0, 0.05) is 25.6 Å². The molecular weight excluding hydrogens is 335 g/mol. The van der Waals surface area contributed by atoms with Crippen LogP contribution in [0.3, 0.4) is 0 Å². The summed E-state index contributed by atoms with van der Waals surface area (Å²) in [6.45, 7) is 3.94. The van der Waals surface area contributed by atoms with Crippen molar-refractivity contribution in [1.82, 2.24) is 9.80 Å². The second-order valence-corrected chi connectivity index (χ2v) is 7.31. The highest BCUT2D eigenvalue weighted by atomic mass is 19.2. The van der Waals surface area contributed by atoms with E-state index in [0.29, 0.717) is 19.0 Å². The number of hydrogen-bond donors (Lipinski definition) is 1. The van der Waals surface area contributed by atoms with E-state index in [1.54, 1.807) is 35.2 Å². The smallest absolute Gasteiger partial charge is 0.352 e. The first-order valence-corrected chi connectivity index (χ1v) is 9.36. The highest BCUT2D eigenvalue weighted by Gasteiger charge is 2.29. The van der Waals surface area contributed by atoms with Crippen LogP contribution in [0.2, 0.25) is 0 Å². The van der Waals surface area contributed by atoms with Gasteiger partial charge in [-0.05, 0) is 56.8 Å². The van der Waals surface area contributed by atoms with Gasteiger partial charge >= 0.3 is 6.03 Å². The van der Waals surface area contributed by atoms with Crippen molar-refractivity contribution >= 4 is 17.6 Å². The van der Waals surface area contributed by atoms with Crippen molar-refractivity contribution in [2.45, 2.75) is 25.7 Å². The molecule has 3 rings (SSSR count). The van der Waals surface area contributed by atoms with Crippen molar-refractivity contribution in [3.63, 3.8) is 0 Å². The first-order valence-electron chi connectivity index (χ1n) is 9.36. The van der Waals surface area contributed by atoms with E-state index < -0.39 is 6.03 Å². The minimum atomic E-state index is -0.586. The van der Waals surface area contributed by atoms with Gasteiger partial charge in [-0.25, -0.2) is 4.79 Å². The maximum atomic E-state index is 14.3. The van der Waals surface area contributed by atoms with E-state index in [-0.39, 0.29) is 22.6 Å². The Hall–Kier alpha value is -2.15. The number of anilines is 1. The fourth-order valence-corrected chi connectivity index (χ4v) is 3.87. The van der Waals surface area contributed by atoms with Crippen molar-refractivity contribution in [3.05, 3.63) is 30.3 Å². The van der Waals surface area contributed by atoms with Gasteiger partial charge in [-0.15, -0.1) is 5.12 Å². The molecule has 3 amide bonds. The fraction of sp³-hybridized carbons (Fsp3) is 0.579. The van der Waals surface area contributed by atoms with Gasteiger partial charge in [-0.2, -0.15) is 0 Å². The van der Waals surface area contributed by atoms with Crippen LogP contribution in [0.5, 0.6) is 0 Å². The van der Waals surface area contributed by atoms with Gasteiger partial charge in [0.1, 0.15) is 0 Å². The minimum Gasteiger partial charge on any atom is -0.369 e. The molecule has 1 aromatic carbocycles. The summed E-state index contributed by atoms with van der Waals surface area (Å²) in [6.07, 6.45) is 3.43. The number of carbonyl (C=O) groups excluding carboxylic acids is 2. The molecule has 2 heterocycles. The largest absolute Gasteiger partial charge is 0.369 e. The number of piperidine rings is 2. The standard InChI is InChI=1S/C19H27FN4O2/c20-24(17-4-2-1-3-5-17)19(26)23-12-6-15(7-13-23)14-22-10-8-16(9-11-22)18(21)25/h1-5,15-16H,6-14H2,(H2,21,25). The maximum Gasteiger partial charge on any atom is 0.352 e. The lowest BCUT2D eigenvalue weighted by molar-refractivity contribution is -0.123. The predicted octanol–water partition coefficient (Wildman–Crippen LogP) is 2.41. The van der Waals surface area contributed by atoms with Crippen LogP contribution in [0, 0.1) is 11.8 Å². The molecule has 0 saturated carbocycles. The van der Waals surface area contributed by atoms with Crippen molar-refractivity contribution in [3.8, 4) is 0 Å². The Morgan fingerprint density at radius 2 is 1.65 bits per heavy atom. The van der Waals surface area contributed by atoms with Crippen molar-refractivity contribution in [2.24, 2.45) is 17.6 Å². The Morgan fingerprint density at radius 3 is 2.23 bits per heavy atom. The number of para-hydroxylation sites is 1. The third-order valence-electron chi connectivity index (χ3n) is 5.54. The van der Waals surface area contributed by atoms with Crippen LogP contribution >= 0.6 is 0 Å². The molecule has 2 fully saturated rings. The molecule has 6 nitrogen and oxygen atoms in total. The lowest BCUT2D eigenvalue weighted by Gasteiger charge is -2.37. The number of rotatable bonds is 4. The first-order chi connectivity index (χ1) is 12.5. The third kappa shape index (κ3) is 4.52. The minimum absolute atomic E-state index is 0.0132. The van der Waals surface area contributed by atoms with Gasteiger partial charge in [0.05, 0.1) is 5.69 Å². The summed E-state index contributed by atoms with van der Waals surface area (Å²) < 4.78 is 14.3. The molecule has 0 unspecified atom stereocenters. The summed E-state index contributed by atoms with van der Waals surface area (Å²) in [4.78, 5) is 27.5. The van der Waals surface area contributed by atoms with Crippen LogP contribution in [-0.4, -0.2) is 54.5 Å².